The molecule has 0 aromatic heterocycles. The van der Waals surface area contributed by atoms with Crippen LogP contribution in [0.1, 0.15) is 24.9 Å². The van der Waals surface area contributed by atoms with Gasteiger partial charge in [-0.2, -0.15) is 0 Å². The minimum Gasteiger partial charge on any atom is -0.493 e. The van der Waals surface area contributed by atoms with E-state index in [-0.39, 0.29) is 6.04 Å². The zero-order valence-corrected chi connectivity index (χ0v) is 10.7. The lowest BCUT2D eigenvalue weighted by Crippen LogP contribution is -2.47. The summed E-state index contributed by atoms with van der Waals surface area (Å²) in [5.74, 6) is 0.394. The number of nitrogens with one attached hydrogen (secondary N) is 2. The largest absolute Gasteiger partial charge is 0.493 e. The molecule has 19 heavy (non-hydrogen) atoms. The smallest absolute Gasteiger partial charge is 0.318 e. The summed E-state index contributed by atoms with van der Waals surface area (Å²) in [4.78, 5) is 22.3. The predicted molar refractivity (Wildman–Crippen MR) is 69.6 cm³/mol. The highest BCUT2D eigenvalue weighted by Crippen LogP contribution is 2.31. The van der Waals surface area contributed by atoms with Gasteiger partial charge in [0.1, 0.15) is 5.75 Å². The number of carbonyl (C=O) groups is 2. The molecule has 2 rings (SSSR count). The van der Waals surface area contributed by atoms with Gasteiger partial charge in [-0.25, -0.2) is 4.79 Å². The fraction of sp³-hybridized carbons (Fsp3) is 0.385. The highest BCUT2D eigenvalue weighted by molar-refractivity contribution is 5.96. The number of para-hydroxylation sites is 1. The van der Waals surface area contributed by atoms with Gasteiger partial charge < -0.3 is 10.5 Å². The topological polar surface area (TPSA) is 93.4 Å². The third-order valence-electron chi connectivity index (χ3n) is 3.05. The van der Waals surface area contributed by atoms with Crippen LogP contribution in [-0.4, -0.2) is 24.6 Å². The Morgan fingerprint density at radius 2 is 2.16 bits per heavy atom. The van der Waals surface area contributed by atoms with Crippen LogP contribution in [0.25, 0.3) is 0 Å². The molecular weight excluding hydrogens is 246 g/mol. The number of imide groups is 1. The molecule has 2 unspecified atom stereocenters. The molecule has 6 heteroatoms. The van der Waals surface area contributed by atoms with Crippen LogP contribution < -0.4 is 21.1 Å². The average molecular weight is 263 g/mol. The van der Waals surface area contributed by atoms with Gasteiger partial charge in [0.25, 0.3) is 0 Å². The molecular formula is C13H17N3O3. The second-order valence-corrected chi connectivity index (χ2v) is 4.47. The van der Waals surface area contributed by atoms with Gasteiger partial charge in [-0.3, -0.25) is 15.4 Å². The second kappa shape index (κ2) is 5.71. The Morgan fingerprint density at radius 1 is 1.42 bits per heavy atom. The fourth-order valence-corrected chi connectivity index (χ4v) is 2.12. The van der Waals surface area contributed by atoms with Crippen molar-refractivity contribution in [3.8, 4) is 5.75 Å². The maximum absolute atomic E-state index is 11.6. The van der Waals surface area contributed by atoms with Gasteiger partial charge in [-0.05, 0) is 13.0 Å². The minimum atomic E-state index is -0.842. The summed E-state index contributed by atoms with van der Waals surface area (Å²) in [6.45, 7) is 2.29. The molecule has 0 spiro atoms. The molecule has 2 atom stereocenters. The van der Waals surface area contributed by atoms with Crippen LogP contribution in [0.4, 0.5) is 4.79 Å². The molecule has 102 valence electrons. The Bertz CT molecular complexity index is 490. The van der Waals surface area contributed by atoms with E-state index >= 15 is 0 Å². The maximum atomic E-state index is 11.6. The Balaban J connectivity index is 2.04. The Morgan fingerprint density at radius 3 is 2.89 bits per heavy atom. The van der Waals surface area contributed by atoms with Gasteiger partial charge >= 0.3 is 6.03 Å². The summed E-state index contributed by atoms with van der Waals surface area (Å²) in [7, 11) is 0. The average Bonchev–Trinajstić information content (AvgIpc) is 2.38. The summed E-state index contributed by atoms with van der Waals surface area (Å²) in [5, 5.41) is 5.24. The van der Waals surface area contributed by atoms with E-state index in [0.29, 0.717) is 6.61 Å². The van der Waals surface area contributed by atoms with E-state index in [0.717, 1.165) is 17.7 Å². The van der Waals surface area contributed by atoms with Gasteiger partial charge in [0, 0.05) is 18.0 Å². The van der Waals surface area contributed by atoms with Crippen molar-refractivity contribution in [2.45, 2.75) is 25.4 Å². The summed E-state index contributed by atoms with van der Waals surface area (Å²) < 4.78 is 5.55. The maximum Gasteiger partial charge on any atom is 0.318 e. The SMILES string of the molecule is CC(NC1CCOc2ccccc21)C(=O)NC(N)=O. The van der Waals surface area contributed by atoms with E-state index in [1.165, 1.54) is 0 Å². The highest BCUT2D eigenvalue weighted by atomic mass is 16.5. The molecule has 4 N–H and O–H groups in total. The molecule has 1 heterocycles. The summed E-state index contributed by atoms with van der Waals surface area (Å²) in [6.07, 6.45) is 0.769. The second-order valence-electron chi connectivity index (χ2n) is 4.47. The molecule has 6 nitrogen and oxygen atoms in total. The van der Waals surface area contributed by atoms with Crippen molar-refractivity contribution in [1.82, 2.24) is 10.6 Å². The number of hydrogen-bond acceptors (Lipinski definition) is 4. The number of hydrogen-bond donors (Lipinski definition) is 3. The van der Waals surface area contributed by atoms with E-state index in [9.17, 15) is 9.59 Å². The fourth-order valence-electron chi connectivity index (χ4n) is 2.12. The van der Waals surface area contributed by atoms with E-state index in [2.05, 4.69) is 10.6 Å². The van der Waals surface area contributed by atoms with Crippen LogP contribution >= 0.6 is 0 Å². The number of amides is 3. The van der Waals surface area contributed by atoms with Crippen LogP contribution in [0, 0.1) is 0 Å². The molecule has 0 fully saturated rings. The van der Waals surface area contributed by atoms with Gasteiger partial charge in [-0.1, -0.05) is 18.2 Å². The normalized spacial score (nSPS) is 18.9. The molecule has 3 amide bonds. The molecule has 0 aliphatic carbocycles. The van der Waals surface area contributed by atoms with Gasteiger partial charge in [0.2, 0.25) is 5.91 Å². The number of fused-ring (bicyclic) bond motifs is 1. The van der Waals surface area contributed by atoms with Crippen LogP contribution in [0.3, 0.4) is 0 Å². The quantitative estimate of drug-likeness (QED) is 0.747. The number of benzene rings is 1. The summed E-state index contributed by atoms with van der Waals surface area (Å²) in [6, 6.07) is 6.37. The lowest BCUT2D eigenvalue weighted by atomic mass is 10.00. The number of primary amides is 1. The van der Waals surface area contributed by atoms with Crippen LogP contribution in [-0.2, 0) is 4.79 Å². The summed E-state index contributed by atoms with van der Waals surface area (Å²) >= 11 is 0. The van der Waals surface area contributed by atoms with E-state index in [1.54, 1.807) is 6.92 Å². The standard InChI is InChI=1S/C13H17N3O3/c1-8(12(17)16-13(14)18)15-10-6-7-19-11-5-3-2-4-9(10)11/h2-5,8,10,15H,6-7H2,1H3,(H3,14,16,17,18). The first-order chi connectivity index (χ1) is 9.08. The first kappa shape index (κ1) is 13.4. The molecule has 0 saturated carbocycles. The number of urea groups is 1. The van der Waals surface area contributed by atoms with Crippen molar-refractivity contribution in [3.63, 3.8) is 0 Å². The third-order valence-corrected chi connectivity index (χ3v) is 3.05. The van der Waals surface area contributed by atoms with Gasteiger partial charge in [-0.15, -0.1) is 0 Å². The lowest BCUT2D eigenvalue weighted by molar-refractivity contribution is -0.121. The molecule has 1 aromatic carbocycles. The zero-order valence-electron chi connectivity index (χ0n) is 10.7. The van der Waals surface area contributed by atoms with E-state index in [1.807, 2.05) is 24.3 Å². The summed E-state index contributed by atoms with van der Waals surface area (Å²) in [5.41, 5.74) is 5.94. The Labute approximate surface area is 111 Å². The van der Waals surface area contributed by atoms with Crippen molar-refractivity contribution in [2.24, 2.45) is 5.73 Å². The molecule has 0 saturated heterocycles. The van der Waals surface area contributed by atoms with Crippen LogP contribution in [0.5, 0.6) is 5.75 Å². The molecule has 1 aliphatic heterocycles. The molecule has 1 aromatic rings. The highest BCUT2D eigenvalue weighted by Gasteiger charge is 2.24. The van der Waals surface area contributed by atoms with Gasteiger partial charge in [0.15, 0.2) is 0 Å². The molecule has 0 radical (unpaired) electrons. The van der Waals surface area contributed by atoms with E-state index < -0.39 is 18.0 Å². The van der Waals surface area contributed by atoms with Crippen molar-refractivity contribution in [2.75, 3.05) is 6.61 Å². The first-order valence-electron chi connectivity index (χ1n) is 6.16. The number of ether oxygens (including phenoxy) is 1. The van der Waals surface area contributed by atoms with Crippen molar-refractivity contribution in [3.05, 3.63) is 29.8 Å². The van der Waals surface area contributed by atoms with Crippen molar-refractivity contribution < 1.29 is 14.3 Å². The Kier molecular flexibility index (Phi) is 4.01. The number of carbonyl (C=O) groups excluding carboxylic acids is 2. The monoisotopic (exact) mass is 263 g/mol. The zero-order chi connectivity index (χ0) is 13.8. The van der Waals surface area contributed by atoms with Gasteiger partial charge in [0.05, 0.1) is 12.6 Å². The van der Waals surface area contributed by atoms with Crippen LogP contribution in [0.15, 0.2) is 24.3 Å². The Hall–Kier alpha value is -2.08. The number of rotatable bonds is 3. The third kappa shape index (κ3) is 3.23. The molecule has 1 aliphatic rings. The predicted octanol–water partition coefficient (Wildman–Crippen LogP) is 0.683. The van der Waals surface area contributed by atoms with E-state index in [4.69, 9.17) is 10.5 Å². The first-order valence-corrected chi connectivity index (χ1v) is 6.16. The number of nitrogens with two attached hydrogens (primary N) is 1. The lowest BCUT2D eigenvalue weighted by Gasteiger charge is -2.28. The van der Waals surface area contributed by atoms with Crippen LogP contribution in [0.2, 0.25) is 0 Å². The van der Waals surface area contributed by atoms with Crippen molar-refractivity contribution in [1.29, 1.82) is 0 Å². The minimum absolute atomic E-state index is 0.0265. The molecule has 0 bridgehead atoms. The van der Waals surface area contributed by atoms with Crippen molar-refractivity contribution >= 4 is 11.9 Å².